The molecular weight excluding hydrogens is 488 g/mol. The SMILES string of the molecule is CCOc1cc(/C=N/NC(=O)c2ccc(OCc3ccccc3)cc2)ccc1OCc1ccc(Cl)cc1. The minimum Gasteiger partial charge on any atom is -0.490 e. The van der Waals surface area contributed by atoms with Gasteiger partial charge in [-0.3, -0.25) is 4.79 Å². The second kappa shape index (κ2) is 13.1. The predicted molar refractivity (Wildman–Crippen MR) is 146 cm³/mol. The molecule has 188 valence electrons. The molecule has 4 rings (SSSR count). The van der Waals surface area contributed by atoms with Crippen LogP contribution in [0.2, 0.25) is 5.02 Å². The zero-order valence-electron chi connectivity index (χ0n) is 20.4. The van der Waals surface area contributed by atoms with Crippen molar-refractivity contribution in [1.82, 2.24) is 5.43 Å². The van der Waals surface area contributed by atoms with E-state index in [4.69, 9.17) is 25.8 Å². The number of amides is 1. The Morgan fingerprint density at radius 2 is 1.51 bits per heavy atom. The number of nitrogens with zero attached hydrogens (tertiary/aromatic N) is 1. The summed E-state index contributed by atoms with van der Waals surface area (Å²) in [6, 6.07) is 29.8. The third kappa shape index (κ3) is 7.85. The molecule has 1 N–H and O–H groups in total. The number of carbonyl (C=O) groups excluding carboxylic acids is 1. The van der Waals surface area contributed by atoms with Gasteiger partial charge in [-0.2, -0.15) is 5.10 Å². The molecule has 0 atom stereocenters. The first-order valence-corrected chi connectivity index (χ1v) is 12.2. The van der Waals surface area contributed by atoms with Crippen molar-refractivity contribution in [2.24, 2.45) is 5.10 Å². The highest BCUT2D eigenvalue weighted by Gasteiger charge is 2.08. The molecule has 4 aromatic carbocycles. The molecule has 0 bridgehead atoms. The van der Waals surface area contributed by atoms with Gasteiger partial charge in [-0.15, -0.1) is 0 Å². The monoisotopic (exact) mass is 514 g/mol. The fraction of sp³-hybridized carbons (Fsp3) is 0.133. The highest BCUT2D eigenvalue weighted by Crippen LogP contribution is 2.29. The second-order valence-electron chi connectivity index (χ2n) is 8.05. The Hall–Kier alpha value is -4.29. The van der Waals surface area contributed by atoms with Crippen LogP contribution in [0.3, 0.4) is 0 Å². The fourth-order valence-electron chi connectivity index (χ4n) is 3.41. The molecule has 0 aliphatic rings. The lowest BCUT2D eigenvalue weighted by atomic mass is 10.2. The van der Waals surface area contributed by atoms with Gasteiger partial charge in [-0.1, -0.05) is 54.1 Å². The number of ether oxygens (including phenoxy) is 3. The van der Waals surface area contributed by atoms with Gasteiger partial charge in [0.1, 0.15) is 19.0 Å². The molecule has 7 heteroatoms. The number of halogens is 1. The zero-order valence-corrected chi connectivity index (χ0v) is 21.2. The number of hydrazone groups is 1. The Morgan fingerprint density at radius 1 is 0.811 bits per heavy atom. The van der Waals surface area contributed by atoms with Crippen molar-refractivity contribution >= 4 is 23.7 Å². The molecule has 6 nitrogen and oxygen atoms in total. The van der Waals surface area contributed by atoms with Gasteiger partial charge in [0.05, 0.1) is 12.8 Å². The first kappa shape index (κ1) is 25.8. The number of benzene rings is 4. The molecule has 0 aliphatic heterocycles. The highest BCUT2D eigenvalue weighted by molar-refractivity contribution is 6.30. The van der Waals surface area contributed by atoms with E-state index in [1.165, 1.54) is 0 Å². The van der Waals surface area contributed by atoms with Gasteiger partial charge in [0.25, 0.3) is 5.91 Å². The predicted octanol–water partition coefficient (Wildman–Crippen LogP) is 6.66. The van der Waals surface area contributed by atoms with Crippen molar-refractivity contribution in [2.45, 2.75) is 20.1 Å². The first-order chi connectivity index (χ1) is 18.1. The molecule has 4 aromatic rings. The van der Waals surface area contributed by atoms with Crippen molar-refractivity contribution in [1.29, 1.82) is 0 Å². The number of carbonyl (C=O) groups is 1. The molecule has 0 saturated heterocycles. The van der Waals surface area contributed by atoms with E-state index in [9.17, 15) is 4.79 Å². The Balaban J connectivity index is 1.31. The molecule has 0 radical (unpaired) electrons. The summed E-state index contributed by atoms with van der Waals surface area (Å²) in [7, 11) is 0. The molecule has 0 aromatic heterocycles. The maximum atomic E-state index is 12.5. The van der Waals surface area contributed by atoms with Crippen LogP contribution in [0.1, 0.15) is 34.0 Å². The lowest BCUT2D eigenvalue weighted by Crippen LogP contribution is -2.17. The third-order valence-corrected chi connectivity index (χ3v) is 5.57. The van der Waals surface area contributed by atoms with E-state index in [2.05, 4.69) is 10.5 Å². The van der Waals surface area contributed by atoms with Crippen LogP contribution in [-0.4, -0.2) is 18.7 Å². The van der Waals surface area contributed by atoms with Crippen LogP contribution >= 0.6 is 11.6 Å². The Kier molecular flexibility index (Phi) is 9.16. The van der Waals surface area contributed by atoms with Crippen LogP contribution in [0.5, 0.6) is 17.2 Å². The largest absolute Gasteiger partial charge is 0.490 e. The van der Waals surface area contributed by atoms with E-state index < -0.39 is 0 Å². The number of hydrogen-bond donors (Lipinski definition) is 1. The molecule has 0 heterocycles. The molecule has 1 amide bonds. The molecule has 0 unspecified atom stereocenters. The fourth-order valence-corrected chi connectivity index (χ4v) is 3.53. The van der Waals surface area contributed by atoms with Crippen molar-refractivity contribution in [2.75, 3.05) is 6.61 Å². The van der Waals surface area contributed by atoms with E-state index in [1.54, 1.807) is 30.5 Å². The van der Waals surface area contributed by atoms with E-state index in [-0.39, 0.29) is 5.91 Å². The minimum atomic E-state index is -0.321. The molecule has 0 spiro atoms. The highest BCUT2D eigenvalue weighted by atomic mass is 35.5. The molecule has 0 saturated carbocycles. The average Bonchev–Trinajstić information content (AvgIpc) is 2.93. The van der Waals surface area contributed by atoms with Gasteiger partial charge in [-0.25, -0.2) is 5.43 Å². The maximum Gasteiger partial charge on any atom is 0.271 e. The van der Waals surface area contributed by atoms with Crippen molar-refractivity contribution in [3.63, 3.8) is 0 Å². The van der Waals surface area contributed by atoms with Crippen LogP contribution in [0, 0.1) is 0 Å². The van der Waals surface area contributed by atoms with Gasteiger partial charge >= 0.3 is 0 Å². The van der Waals surface area contributed by atoms with Crippen molar-refractivity contribution in [3.8, 4) is 17.2 Å². The lowest BCUT2D eigenvalue weighted by molar-refractivity contribution is 0.0955. The summed E-state index contributed by atoms with van der Waals surface area (Å²) in [6.07, 6.45) is 1.56. The molecular formula is C30H27ClN2O4. The van der Waals surface area contributed by atoms with E-state index in [0.29, 0.717) is 47.7 Å². The summed E-state index contributed by atoms with van der Waals surface area (Å²) in [5.41, 5.74) is 5.86. The lowest BCUT2D eigenvalue weighted by Gasteiger charge is -2.12. The third-order valence-electron chi connectivity index (χ3n) is 5.32. The number of nitrogens with one attached hydrogen (secondary N) is 1. The van der Waals surface area contributed by atoms with Crippen molar-refractivity contribution in [3.05, 3.63) is 124 Å². The summed E-state index contributed by atoms with van der Waals surface area (Å²) in [4.78, 5) is 12.5. The Labute approximate surface area is 221 Å². The van der Waals surface area contributed by atoms with Gasteiger partial charge in [0, 0.05) is 10.6 Å². The summed E-state index contributed by atoms with van der Waals surface area (Å²) in [5.74, 6) is 1.58. The maximum absolute atomic E-state index is 12.5. The van der Waals surface area contributed by atoms with Gasteiger partial charge in [0.15, 0.2) is 11.5 Å². The zero-order chi connectivity index (χ0) is 25.9. The summed E-state index contributed by atoms with van der Waals surface area (Å²) in [5, 5.41) is 4.76. The van der Waals surface area contributed by atoms with E-state index in [0.717, 1.165) is 16.7 Å². The topological polar surface area (TPSA) is 69.2 Å². The smallest absolute Gasteiger partial charge is 0.271 e. The normalized spacial score (nSPS) is 10.8. The van der Waals surface area contributed by atoms with Gasteiger partial charge < -0.3 is 14.2 Å². The number of hydrogen-bond acceptors (Lipinski definition) is 5. The Morgan fingerprint density at radius 3 is 2.24 bits per heavy atom. The quantitative estimate of drug-likeness (QED) is 0.179. The minimum absolute atomic E-state index is 0.321. The van der Waals surface area contributed by atoms with Gasteiger partial charge in [-0.05, 0) is 78.2 Å². The van der Waals surface area contributed by atoms with Crippen LogP contribution in [0.4, 0.5) is 0 Å². The van der Waals surface area contributed by atoms with E-state index >= 15 is 0 Å². The molecule has 0 fully saturated rings. The first-order valence-electron chi connectivity index (χ1n) is 11.8. The van der Waals surface area contributed by atoms with Crippen LogP contribution in [0.15, 0.2) is 102 Å². The average molecular weight is 515 g/mol. The molecule has 0 aliphatic carbocycles. The van der Waals surface area contributed by atoms with Crippen LogP contribution < -0.4 is 19.6 Å². The Bertz CT molecular complexity index is 1320. The second-order valence-corrected chi connectivity index (χ2v) is 8.49. The standard InChI is InChI=1S/C30H27ClN2O4/c1-2-35-29-18-24(10-17-28(29)37-21-23-8-13-26(31)14-9-23)19-32-33-30(34)25-11-15-27(16-12-25)36-20-22-6-4-3-5-7-22/h3-19H,2,20-21H2,1H3,(H,33,34)/b32-19+. The van der Waals surface area contributed by atoms with Crippen LogP contribution in [-0.2, 0) is 13.2 Å². The van der Waals surface area contributed by atoms with Crippen molar-refractivity contribution < 1.29 is 19.0 Å². The summed E-state index contributed by atoms with van der Waals surface area (Å²) >= 11 is 5.94. The van der Waals surface area contributed by atoms with Crippen LogP contribution in [0.25, 0.3) is 0 Å². The number of rotatable bonds is 11. The summed E-state index contributed by atoms with van der Waals surface area (Å²) < 4.78 is 17.4. The van der Waals surface area contributed by atoms with E-state index in [1.807, 2.05) is 79.7 Å². The van der Waals surface area contributed by atoms with Gasteiger partial charge in [0.2, 0.25) is 0 Å². The summed E-state index contributed by atoms with van der Waals surface area (Å²) in [6.45, 7) is 3.24. The molecule has 37 heavy (non-hydrogen) atoms.